The Morgan fingerprint density at radius 1 is 1.26 bits per heavy atom. The van der Waals surface area contributed by atoms with Gasteiger partial charge in [0.2, 0.25) is 0 Å². The van der Waals surface area contributed by atoms with E-state index >= 15 is 0 Å². The number of ketones is 1. The van der Waals surface area contributed by atoms with Gasteiger partial charge in [-0.25, -0.2) is 4.79 Å². The number of hydrogen-bond donors (Lipinski definition) is 0. The minimum absolute atomic E-state index is 0.0489. The Bertz CT molecular complexity index is 594. The molecule has 0 saturated heterocycles. The smallest absolute Gasteiger partial charge is 0.333 e. The van der Waals surface area contributed by atoms with Crippen LogP contribution >= 0.6 is 15.9 Å². The molecule has 1 aromatic rings. The van der Waals surface area contributed by atoms with Gasteiger partial charge in [0.15, 0.2) is 0 Å². The highest BCUT2D eigenvalue weighted by Crippen LogP contribution is 2.15. The fourth-order valence-electron chi connectivity index (χ4n) is 1.68. The zero-order chi connectivity index (χ0) is 17.2. The summed E-state index contributed by atoms with van der Waals surface area (Å²) in [6.45, 7) is 5.17. The third-order valence-corrected chi connectivity index (χ3v) is 3.41. The van der Waals surface area contributed by atoms with Crippen molar-refractivity contribution in [2.45, 2.75) is 26.2 Å². The van der Waals surface area contributed by atoms with Gasteiger partial charge in [0.1, 0.15) is 11.5 Å². The van der Waals surface area contributed by atoms with Crippen molar-refractivity contribution in [3.8, 4) is 5.75 Å². The standard InChI is InChI=1S/C17H19BrO5/c1-12(2)17(21)22-8-4-7-16(20)23-15-6-3-5-13(10-15)9-14(19)11-18/h3,5-6,10H,1,4,7-9,11H2,2H3. The summed E-state index contributed by atoms with van der Waals surface area (Å²) in [6, 6.07) is 6.85. The molecule has 1 rings (SSSR count). The van der Waals surface area contributed by atoms with Crippen molar-refractivity contribution >= 4 is 33.7 Å². The van der Waals surface area contributed by atoms with E-state index in [-0.39, 0.29) is 25.2 Å². The Balaban J connectivity index is 2.39. The van der Waals surface area contributed by atoms with Crippen LogP contribution in [0.3, 0.4) is 0 Å². The number of carbonyl (C=O) groups excluding carboxylic acids is 3. The quantitative estimate of drug-likeness (QED) is 0.216. The first-order valence-corrected chi connectivity index (χ1v) is 8.24. The van der Waals surface area contributed by atoms with Crippen molar-refractivity contribution in [2.24, 2.45) is 0 Å². The van der Waals surface area contributed by atoms with Crippen LogP contribution in [0.4, 0.5) is 0 Å². The van der Waals surface area contributed by atoms with E-state index in [0.29, 0.717) is 23.1 Å². The fraction of sp³-hybridized carbons (Fsp3) is 0.353. The van der Waals surface area contributed by atoms with Gasteiger partial charge in [-0.2, -0.15) is 0 Å². The molecular weight excluding hydrogens is 364 g/mol. The second-order valence-corrected chi connectivity index (χ2v) is 5.55. The fourth-order valence-corrected chi connectivity index (χ4v) is 1.88. The maximum absolute atomic E-state index is 11.7. The van der Waals surface area contributed by atoms with Crippen LogP contribution in [0.1, 0.15) is 25.3 Å². The van der Waals surface area contributed by atoms with Gasteiger partial charge in [0.05, 0.1) is 11.9 Å². The van der Waals surface area contributed by atoms with Crippen LogP contribution < -0.4 is 4.74 Å². The molecule has 0 fully saturated rings. The summed E-state index contributed by atoms with van der Waals surface area (Å²) >= 11 is 3.11. The number of carbonyl (C=O) groups is 3. The molecule has 0 aliphatic heterocycles. The lowest BCUT2D eigenvalue weighted by Crippen LogP contribution is -2.11. The monoisotopic (exact) mass is 382 g/mol. The Morgan fingerprint density at radius 2 is 2.00 bits per heavy atom. The number of rotatable bonds is 9. The largest absolute Gasteiger partial charge is 0.462 e. The van der Waals surface area contributed by atoms with Crippen molar-refractivity contribution in [2.75, 3.05) is 11.9 Å². The van der Waals surface area contributed by atoms with Crippen LogP contribution in [0.5, 0.6) is 5.75 Å². The zero-order valence-electron chi connectivity index (χ0n) is 13.0. The molecule has 23 heavy (non-hydrogen) atoms. The van der Waals surface area contributed by atoms with Gasteiger partial charge in [-0.05, 0) is 31.0 Å². The number of Topliss-reactive ketones (excluding diaryl/α,β-unsaturated/α-hetero) is 1. The first-order valence-electron chi connectivity index (χ1n) is 7.12. The minimum atomic E-state index is -0.470. The average Bonchev–Trinajstić information content (AvgIpc) is 2.51. The van der Waals surface area contributed by atoms with E-state index in [0.717, 1.165) is 5.56 Å². The Hall–Kier alpha value is -1.95. The van der Waals surface area contributed by atoms with Crippen LogP contribution in [0.15, 0.2) is 36.4 Å². The van der Waals surface area contributed by atoms with E-state index in [1.807, 2.05) is 0 Å². The number of esters is 2. The molecule has 6 heteroatoms. The molecule has 1 aromatic carbocycles. The molecule has 0 N–H and O–H groups in total. The second-order valence-electron chi connectivity index (χ2n) is 4.99. The molecule has 0 atom stereocenters. The Morgan fingerprint density at radius 3 is 2.65 bits per heavy atom. The molecule has 0 heterocycles. The van der Waals surface area contributed by atoms with E-state index in [2.05, 4.69) is 22.5 Å². The molecule has 0 spiro atoms. The highest BCUT2D eigenvalue weighted by atomic mass is 79.9. The molecule has 0 amide bonds. The summed E-state index contributed by atoms with van der Waals surface area (Å²) in [4.78, 5) is 34.3. The first kappa shape index (κ1) is 19.1. The van der Waals surface area contributed by atoms with Gasteiger partial charge >= 0.3 is 11.9 Å². The summed E-state index contributed by atoms with van der Waals surface area (Å²) in [5.41, 5.74) is 1.11. The maximum atomic E-state index is 11.7. The molecule has 0 bridgehead atoms. The summed E-state index contributed by atoms with van der Waals surface area (Å²) in [6.07, 6.45) is 0.793. The SMILES string of the molecule is C=C(C)C(=O)OCCCC(=O)Oc1cccc(CC(=O)CBr)c1. The molecule has 124 valence electrons. The van der Waals surface area contributed by atoms with Crippen molar-refractivity contribution < 1.29 is 23.9 Å². The highest BCUT2D eigenvalue weighted by Gasteiger charge is 2.08. The molecule has 0 aliphatic carbocycles. The van der Waals surface area contributed by atoms with Crippen molar-refractivity contribution in [3.63, 3.8) is 0 Å². The number of alkyl halides is 1. The molecule has 0 unspecified atom stereocenters. The van der Waals surface area contributed by atoms with Crippen molar-refractivity contribution in [1.82, 2.24) is 0 Å². The summed E-state index contributed by atoms with van der Waals surface area (Å²) in [5.74, 6) is -0.440. The molecular formula is C17H19BrO5. The first-order chi connectivity index (χ1) is 10.9. The summed E-state index contributed by atoms with van der Waals surface area (Å²) < 4.78 is 10.1. The number of ether oxygens (including phenoxy) is 2. The topological polar surface area (TPSA) is 69.7 Å². The molecule has 0 aliphatic rings. The number of hydrogen-bond acceptors (Lipinski definition) is 5. The van der Waals surface area contributed by atoms with Crippen molar-refractivity contribution in [3.05, 3.63) is 42.0 Å². The maximum Gasteiger partial charge on any atom is 0.333 e. The van der Waals surface area contributed by atoms with Crippen LogP contribution in [0.2, 0.25) is 0 Å². The summed E-state index contributed by atoms with van der Waals surface area (Å²) in [7, 11) is 0. The second kappa shape index (κ2) is 9.94. The predicted molar refractivity (Wildman–Crippen MR) is 89.6 cm³/mol. The van der Waals surface area contributed by atoms with E-state index in [1.165, 1.54) is 0 Å². The normalized spacial score (nSPS) is 10.0. The van der Waals surface area contributed by atoms with E-state index in [9.17, 15) is 14.4 Å². The van der Waals surface area contributed by atoms with E-state index < -0.39 is 11.9 Å². The lowest BCUT2D eigenvalue weighted by Gasteiger charge is -2.07. The molecule has 0 aromatic heterocycles. The van der Waals surface area contributed by atoms with Gasteiger partial charge in [0.25, 0.3) is 0 Å². The number of benzene rings is 1. The van der Waals surface area contributed by atoms with E-state index in [4.69, 9.17) is 9.47 Å². The lowest BCUT2D eigenvalue weighted by atomic mass is 10.1. The number of halogens is 1. The van der Waals surface area contributed by atoms with Gasteiger partial charge in [-0.15, -0.1) is 0 Å². The lowest BCUT2D eigenvalue weighted by molar-refractivity contribution is -0.141. The van der Waals surface area contributed by atoms with Crippen LogP contribution in [-0.2, 0) is 25.5 Å². The van der Waals surface area contributed by atoms with Crippen LogP contribution in [0, 0.1) is 0 Å². The van der Waals surface area contributed by atoms with Gasteiger partial charge in [0, 0.05) is 18.4 Å². The zero-order valence-corrected chi connectivity index (χ0v) is 14.6. The molecule has 5 nitrogen and oxygen atoms in total. The van der Waals surface area contributed by atoms with E-state index in [1.54, 1.807) is 31.2 Å². The predicted octanol–water partition coefficient (Wildman–Crippen LogP) is 3.00. The minimum Gasteiger partial charge on any atom is -0.462 e. The van der Waals surface area contributed by atoms with Gasteiger partial charge in [-0.3, -0.25) is 9.59 Å². The summed E-state index contributed by atoms with van der Waals surface area (Å²) in [5, 5.41) is 0.292. The van der Waals surface area contributed by atoms with Crippen LogP contribution in [-0.4, -0.2) is 29.7 Å². The molecule has 0 radical (unpaired) electrons. The molecule has 0 saturated carbocycles. The Kier molecular flexibility index (Phi) is 8.26. The average molecular weight is 383 g/mol. The van der Waals surface area contributed by atoms with Gasteiger partial charge in [-0.1, -0.05) is 34.6 Å². The van der Waals surface area contributed by atoms with Crippen LogP contribution in [0.25, 0.3) is 0 Å². The van der Waals surface area contributed by atoms with Crippen molar-refractivity contribution in [1.29, 1.82) is 0 Å². The highest BCUT2D eigenvalue weighted by molar-refractivity contribution is 9.09. The third kappa shape index (κ3) is 7.74. The van der Waals surface area contributed by atoms with Gasteiger partial charge < -0.3 is 9.47 Å². The third-order valence-electron chi connectivity index (χ3n) is 2.79. The Labute approximate surface area is 143 Å².